The molecule has 7 heteroatoms. The Morgan fingerprint density at radius 3 is 2.74 bits per heavy atom. The number of methoxy groups -OCH3 is 1. The lowest BCUT2D eigenvalue weighted by Crippen LogP contribution is -2.50. The van der Waals surface area contributed by atoms with Crippen molar-refractivity contribution in [1.82, 2.24) is 10.2 Å². The highest BCUT2D eigenvalue weighted by molar-refractivity contribution is 5.84. The smallest absolute Gasteiger partial charge is 0.290 e. The van der Waals surface area contributed by atoms with Crippen LogP contribution in [0.25, 0.3) is 0 Å². The van der Waals surface area contributed by atoms with Crippen LogP contribution in [0, 0.1) is 17.2 Å². The summed E-state index contributed by atoms with van der Waals surface area (Å²) in [5.41, 5.74) is 0.351. The molecule has 3 atom stereocenters. The van der Waals surface area contributed by atoms with E-state index in [1.54, 1.807) is 19.2 Å². The van der Waals surface area contributed by atoms with Gasteiger partial charge in [0.05, 0.1) is 12.0 Å². The molecule has 0 saturated carbocycles. The van der Waals surface area contributed by atoms with E-state index in [-0.39, 0.29) is 23.6 Å². The van der Waals surface area contributed by atoms with Crippen molar-refractivity contribution in [2.24, 2.45) is 11.3 Å². The molecule has 3 rings (SSSR count). The van der Waals surface area contributed by atoms with Crippen LogP contribution in [0.2, 0.25) is 0 Å². The Morgan fingerprint density at radius 2 is 2.10 bits per heavy atom. The lowest BCUT2D eigenvalue weighted by Gasteiger charge is -2.37. The molecule has 0 radical (unpaired) electrons. The summed E-state index contributed by atoms with van der Waals surface area (Å²) in [6.07, 6.45) is 5.73. The molecule has 31 heavy (non-hydrogen) atoms. The monoisotopic (exact) mass is 436 g/mol. The van der Waals surface area contributed by atoms with Crippen LogP contribution in [-0.4, -0.2) is 61.3 Å². The zero-order chi connectivity index (χ0) is 22.9. The molecule has 0 aliphatic carbocycles. The second-order valence-electron chi connectivity index (χ2n) is 8.97. The predicted molar refractivity (Wildman–Crippen MR) is 118 cm³/mol. The number of halogens is 1. The molecule has 2 saturated heterocycles. The topological polar surface area (TPSA) is 78.9 Å². The third-order valence-electron chi connectivity index (χ3n) is 6.69. The highest BCUT2D eigenvalue weighted by atomic mass is 19.1. The summed E-state index contributed by atoms with van der Waals surface area (Å²) in [6, 6.07) is 7.60. The molecular formula is C24H37FN2O4. The van der Waals surface area contributed by atoms with Gasteiger partial charge < -0.3 is 15.2 Å². The third kappa shape index (κ3) is 6.26. The van der Waals surface area contributed by atoms with Gasteiger partial charge in [0, 0.05) is 32.3 Å². The van der Waals surface area contributed by atoms with Crippen molar-refractivity contribution >= 4 is 12.4 Å². The summed E-state index contributed by atoms with van der Waals surface area (Å²) in [7, 11) is 1.74. The fourth-order valence-corrected chi connectivity index (χ4v) is 5.20. The van der Waals surface area contributed by atoms with Crippen LogP contribution < -0.4 is 5.32 Å². The second kappa shape index (κ2) is 12.2. The Bertz CT molecular complexity index is 715. The van der Waals surface area contributed by atoms with Gasteiger partial charge in [-0.15, -0.1) is 0 Å². The predicted octanol–water partition coefficient (Wildman–Crippen LogP) is 3.49. The Balaban J connectivity index is 0.00000107. The number of benzene rings is 1. The summed E-state index contributed by atoms with van der Waals surface area (Å²) in [4.78, 5) is 24.3. The van der Waals surface area contributed by atoms with E-state index in [1.165, 1.54) is 12.5 Å². The highest BCUT2D eigenvalue weighted by Crippen LogP contribution is 2.52. The fourth-order valence-electron chi connectivity index (χ4n) is 5.20. The molecule has 2 bridgehead atoms. The first kappa shape index (κ1) is 25.3. The molecule has 0 unspecified atom stereocenters. The summed E-state index contributed by atoms with van der Waals surface area (Å²) < 4.78 is 19.2. The molecule has 1 aromatic rings. The first-order valence-corrected chi connectivity index (χ1v) is 11.2. The van der Waals surface area contributed by atoms with E-state index in [0.29, 0.717) is 43.1 Å². The van der Waals surface area contributed by atoms with Crippen molar-refractivity contribution in [2.75, 3.05) is 26.8 Å². The van der Waals surface area contributed by atoms with E-state index < -0.39 is 0 Å². The molecule has 1 aromatic carbocycles. The largest absolute Gasteiger partial charge is 0.483 e. The average molecular weight is 437 g/mol. The molecule has 174 valence electrons. The molecule has 1 amide bonds. The molecule has 0 spiro atoms. The summed E-state index contributed by atoms with van der Waals surface area (Å²) >= 11 is 0. The highest BCUT2D eigenvalue weighted by Gasteiger charge is 2.58. The van der Waals surface area contributed by atoms with Crippen LogP contribution in [0.3, 0.4) is 0 Å². The number of amides is 1. The van der Waals surface area contributed by atoms with Crippen molar-refractivity contribution in [3.05, 3.63) is 35.6 Å². The maximum atomic E-state index is 13.9. The first-order valence-electron chi connectivity index (χ1n) is 11.2. The zero-order valence-electron chi connectivity index (χ0n) is 19.0. The Labute approximate surface area is 185 Å². The van der Waals surface area contributed by atoms with Crippen molar-refractivity contribution < 1.29 is 23.8 Å². The molecule has 2 aliphatic rings. The second-order valence-corrected chi connectivity index (χ2v) is 8.97. The molecule has 2 N–H and O–H groups in total. The average Bonchev–Trinajstić information content (AvgIpc) is 3.28. The van der Waals surface area contributed by atoms with E-state index in [4.69, 9.17) is 14.6 Å². The molecule has 0 aromatic heterocycles. The molecule has 6 nitrogen and oxygen atoms in total. The van der Waals surface area contributed by atoms with Gasteiger partial charge in [-0.2, -0.15) is 0 Å². The quantitative estimate of drug-likeness (QED) is 0.549. The number of rotatable bonds is 10. The van der Waals surface area contributed by atoms with Crippen molar-refractivity contribution in [1.29, 1.82) is 0 Å². The van der Waals surface area contributed by atoms with E-state index in [9.17, 15) is 9.18 Å². The minimum atomic E-state index is -0.309. The van der Waals surface area contributed by atoms with Gasteiger partial charge in [-0.3, -0.25) is 14.5 Å². The SMILES string of the molecule is COCCN1[C@@H]2CC[C@H]1[C@@](CCC(C)C)(C(=O)NCCc1ccccc1F)C2.O=CO. The molecule has 2 heterocycles. The van der Waals surface area contributed by atoms with E-state index in [0.717, 1.165) is 32.2 Å². The van der Waals surface area contributed by atoms with Gasteiger partial charge in [0.15, 0.2) is 0 Å². The maximum absolute atomic E-state index is 13.9. The van der Waals surface area contributed by atoms with Gasteiger partial charge in [-0.1, -0.05) is 32.0 Å². The Hall–Kier alpha value is -1.99. The van der Waals surface area contributed by atoms with Gasteiger partial charge >= 0.3 is 0 Å². The van der Waals surface area contributed by atoms with Gasteiger partial charge in [0.25, 0.3) is 6.47 Å². The number of fused-ring (bicyclic) bond motifs is 2. The van der Waals surface area contributed by atoms with Crippen LogP contribution in [0.1, 0.15) is 51.5 Å². The lowest BCUT2D eigenvalue weighted by molar-refractivity contribution is -0.133. The van der Waals surface area contributed by atoms with E-state index >= 15 is 0 Å². The van der Waals surface area contributed by atoms with Crippen LogP contribution >= 0.6 is 0 Å². The van der Waals surface area contributed by atoms with Gasteiger partial charge in [0.2, 0.25) is 5.91 Å². The van der Waals surface area contributed by atoms with Crippen molar-refractivity contribution in [2.45, 2.75) is 64.5 Å². The number of carbonyl (C=O) groups excluding carboxylic acids is 1. The third-order valence-corrected chi connectivity index (χ3v) is 6.69. The molecule has 2 fully saturated rings. The molecule has 2 aliphatic heterocycles. The van der Waals surface area contributed by atoms with Crippen LogP contribution in [0.4, 0.5) is 4.39 Å². The summed E-state index contributed by atoms with van der Waals surface area (Å²) in [5, 5.41) is 10.1. The normalized spacial score (nSPS) is 24.7. The van der Waals surface area contributed by atoms with Crippen LogP contribution in [0.5, 0.6) is 0 Å². The summed E-state index contributed by atoms with van der Waals surface area (Å²) in [5.74, 6) is 0.547. The Kier molecular flexibility index (Phi) is 9.91. The number of hydrogen-bond donors (Lipinski definition) is 2. The molecular weight excluding hydrogens is 399 g/mol. The standard InChI is InChI=1S/C23H35FN2O2.CH2O2/c1-17(2)10-12-23(16-19-8-9-21(23)26(19)14-15-28-3)22(27)25-13-11-18-6-4-5-7-20(18)24;2-1-3/h4-7,17,19,21H,8-16H2,1-3H3,(H,25,27);1H,(H,2,3)/t19-,21+,23+;/m1./s1. The number of carbonyl (C=O) groups is 2. The Morgan fingerprint density at radius 1 is 1.39 bits per heavy atom. The zero-order valence-corrected chi connectivity index (χ0v) is 19.0. The van der Waals surface area contributed by atoms with Gasteiger partial charge in [-0.05, 0) is 56.1 Å². The first-order chi connectivity index (χ1) is 14.9. The number of ether oxygens (including phenoxy) is 1. The number of hydrogen-bond acceptors (Lipinski definition) is 4. The van der Waals surface area contributed by atoms with Crippen molar-refractivity contribution in [3.8, 4) is 0 Å². The summed E-state index contributed by atoms with van der Waals surface area (Å²) in [6.45, 7) is 6.29. The van der Waals surface area contributed by atoms with Gasteiger partial charge in [0.1, 0.15) is 5.82 Å². The van der Waals surface area contributed by atoms with Crippen molar-refractivity contribution in [3.63, 3.8) is 0 Å². The fraction of sp³-hybridized carbons (Fsp3) is 0.667. The minimum Gasteiger partial charge on any atom is -0.483 e. The van der Waals surface area contributed by atoms with Crippen LogP contribution in [-0.2, 0) is 20.7 Å². The van der Waals surface area contributed by atoms with E-state index in [2.05, 4.69) is 24.1 Å². The number of nitrogens with one attached hydrogen (secondary N) is 1. The number of nitrogens with zero attached hydrogens (tertiary/aromatic N) is 1. The number of carboxylic acid groups (broad SMARTS) is 1. The lowest BCUT2D eigenvalue weighted by atomic mass is 9.69. The maximum Gasteiger partial charge on any atom is 0.290 e. The van der Waals surface area contributed by atoms with Crippen LogP contribution in [0.15, 0.2) is 24.3 Å². The van der Waals surface area contributed by atoms with E-state index in [1.807, 2.05) is 6.07 Å². The minimum absolute atomic E-state index is 0.166. The van der Waals surface area contributed by atoms with Gasteiger partial charge in [-0.25, -0.2) is 4.39 Å².